The normalized spacial score (nSPS) is 16.0. The third kappa shape index (κ3) is 3.55. The number of rotatable bonds is 4. The van der Waals surface area contributed by atoms with Gasteiger partial charge in [-0.2, -0.15) is 5.10 Å². The lowest BCUT2D eigenvalue weighted by Gasteiger charge is -2.26. The molecule has 162 valence electrons. The molecule has 4 aromatic rings. The number of nitrogens with one attached hydrogen (secondary N) is 1. The number of aryl methyl sites for hydroxylation is 1. The van der Waals surface area contributed by atoms with Crippen LogP contribution >= 0.6 is 0 Å². The molecule has 3 aromatic heterocycles. The quantitative estimate of drug-likeness (QED) is 0.518. The summed E-state index contributed by atoms with van der Waals surface area (Å²) in [6, 6.07) is 9.18. The van der Waals surface area contributed by atoms with E-state index in [0.717, 1.165) is 18.2 Å². The lowest BCUT2D eigenvalue weighted by atomic mass is 10.0. The molecule has 1 aliphatic heterocycles. The van der Waals surface area contributed by atoms with Crippen molar-refractivity contribution in [3.8, 4) is 0 Å². The molecule has 1 atom stereocenters. The van der Waals surface area contributed by atoms with Gasteiger partial charge in [-0.25, -0.2) is 18.3 Å². The molecule has 1 N–H and O–H groups in total. The van der Waals surface area contributed by atoms with Gasteiger partial charge in [0.1, 0.15) is 11.5 Å². The highest BCUT2D eigenvalue weighted by Gasteiger charge is 2.30. The third-order valence-electron chi connectivity index (χ3n) is 5.66. The molecule has 5 rings (SSSR count). The summed E-state index contributed by atoms with van der Waals surface area (Å²) < 4.78 is 29.8. The van der Waals surface area contributed by atoms with Gasteiger partial charge in [-0.3, -0.25) is 9.78 Å². The molecule has 1 aromatic carbocycles. The number of carbonyl (C=O) groups is 1. The molecule has 4 heterocycles. The van der Waals surface area contributed by atoms with Crippen LogP contribution in [0.4, 0.5) is 20.3 Å². The molecule has 0 aliphatic carbocycles. The highest BCUT2D eigenvalue weighted by molar-refractivity contribution is 6.05. The smallest absolute Gasteiger partial charge is 0.257 e. The van der Waals surface area contributed by atoms with Gasteiger partial charge in [0.05, 0.1) is 17.8 Å². The van der Waals surface area contributed by atoms with Gasteiger partial charge in [0, 0.05) is 30.2 Å². The number of hydrogen-bond acceptors (Lipinski definition) is 5. The van der Waals surface area contributed by atoms with E-state index in [1.807, 2.05) is 11.8 Å². The van der Waals surface area contributed by atoms with E-state index >= 15 is 0 Å². The molecule has 0 saturated carbocycles. The Labute approximate surface area is 182 Å². The van der Waals surface area contributed by atoms with E-state index in [1.54, 1.807) is 35.0 Å². The summed E-state index contributed by atoms with van der Waals surface area (Å²) in [7, 11) is 0. The van der Waals surface area contributed by atoms with Crippen LogP contribution in [0.25, 0.3) is 5.65 Å². The van der Waals surface area contributed by atoms with Crippen LogP contribution in [0.1, 0.15) is 40.5 Å². The summed E-state index contributed by atoms with van der Waals surface area (Å²) in [5, 5.41) is 7.07. The summed E-state index contributed by atoms with van der Waals surface area (Å²) in [5.74, 6) is -1.39. The molecule has 7 nitrogen and oxygen atoms in total. The number of carbonyl (C=O) groups excluding carboxylic acids is 1. The molecule has 1 aliphatic rings. The number of nitrogens with zero attached hydrogens (tertiary/aromatic N) is 5. The molecule has 9 heteroatoms. The first kappa shape index (κ1) is 20.0. The van der Waals surface area contributed by atoms with Crippen molar-refractivity contribution in [1.82, 2.24) is 19.6 Å². The molecule has 0 radical (unpaired) electrons. The van der Waals surface area contributed by atoms with Gasteiger partial charge in [0.2, 0.25) is 0 Å². The number of aromatic nitrogens is 4. The van der Waals surface area contributed by atoms with E-state index in [4.69, 9.17) is 0 Å². The van der Waals surface area contributed by atoms with Crippen molar-refractivity contribution in [1.29, 1.82) is 0 Å². The Bertz CT molecular complexity index is 1300. The van der Waals surface area contributed by atoms with Crippen LogP contribution in [0.5, 0.6) is 0 Å². The first-order chi connectivity index (χ1) is 15.5. The van der Waals surface area contributed by atoms with Crippen LogP contribution in [0, 0.1) is 18.6 Å². The predicted molar refractivity (Wildman–Crippen MR) is 116 cm³/mol. The number of fused-ring (bicyclic) bond motifs is 1. The average Bonchev–Trinajstić information content (AvgIpc) is 3.43. The van der Waals surface area contributed by atoms with Gasteiger partial charge in [0.15, 0.2) is 17.3 Å². The second-order valence-electron chi connectivity index (χ2n) is 7.75. The summed E-state index contributed by atoms with van der Waals surface area (Å²) >= 11 is 0. The number of hydrogen-bond donors (Lipinski definition) is 1. The average molecular weight is 434 g/mol. The number of benzene rings is 1. The zero-order valence-electron chi connectivity index (χ0n) is 17.3. The molecule has 1 amide bonds. The first-order valence-corrected chi connectivity index (χ1v) is 10.3. The van der Waals surface area contributed by atoms with Gasteiger partial charge >= 0.3 is 0 Å². The lowest BCUT2D eigenvalue weighted by Crippen LogP contribution is -2.24. The Balaban J connectivity index is 1.46. The maximum absolute atomic E-state index is 14.5. The van der Waals surface area contributed by atoms with Gasteiger partial charge in [0.25, 0.3) is 5.91 Å². The minimum atomic E-state index is -0.857. The summed E-state index contributed by atoms with van der Waals surface area (Å²) in [4.78, 5) is 23.4. The van der Waals surface area contributed by atoms with Crippen LogP contribution in [-0.2, 0) is 0 Å². The van der Waals surface area contributed by atoms with E-state index in [-0.39, 0.29) is 11.9 Å². The lowest BCUT2D eigenvalue weighted by molar-refractivity contribution is 0.102. The number of pyridine rings is 1. The maximum atomic E-state index is 14.5. The third-order valence-corrected chi connectivity index (χ3v) is 5.66. The maximum Gasteiger partial charge on any atom is 0.257 e. The van der Waals surface area contributed by atoms with Crippen molar-refractivity contribution < 1.29 is 13.6 Å². The van der Waals surface area contributed by atoms with Crippen LogP contribution in [-0.4, -0.2) is 32.0 Å². The fraction of sp³-hybridized carbons (Fsp3) is 0.217. The van der Waals surface area contributed by atoms with Crippen molar-refractivity contribution in [3.63, 3.8) is 0 Å². The van der Waals surface area contributed by atoms with Crippen molar-refractivity contribution in [2.75, 3.05) is 16.8 Å². The highest BCUT2D eigenvalue weighted by atomic mass is 19.2. The summed E-state index contributed by atoms with van der Waals surface area (Å²) in [5.41, 5.74) is 2.47. The van der Waals surface area contributed by atoms with Crippen LogP contribution in [0.15, 0.2) is 55.0 Å². The molecular weight excluding hydrogens is 414 g/mol. The van der Waals surface area contributed by atoms with Crippen LogP contribution < -0.4 is 10.2 Å². The Hall–Kier alpha value is -3.88. The molecule has 0 spiro atoms. The fourth-order valence-corrected chi connectivity index (χ4v) is 4.05. The number of amides is 1. The molecule has 1 fully saturated rings. The Morgan fingerprint density at radius 3 is 2.84 bits per heavy atom. The molecule has 1 saturated heterocycles. The fourth-order valence-electron chi connectivity index (χ4n) is 4.05. The van der Waals surface area contributed by atoms with Gasteiger partial charge in [-0.05, 0) is 44.0 Å². The molecular formula is C23H20F2N6O. The van der Waals surface area contributed by atoms with Crippen molar-refractivity contribution in [2.45, 2.75) is 25.8 Å². The monoisotopic (exact) mass is 434 g/mol. The van der Waals surface area contributed by atoms with Crippen molar-refractivity contribution in [2.24, 2.45) is 0 Å². The number of anilines is 2. The largest absolute Gasteiger partial charge is 0.349 e. The van der Waals surface area contributed by atoms with Crippen LogP contribution in [0.2, 0.25) is 0 Å². The minimum absolute atomic E-state index is 0.318. The highest BCUT2D eigenvalue weighted by Crippen LogP contribution is 2.37. The van der Waals surface area contributed by atoms with E-state index in [2.05, 4.69) is 20.4 Å². The predicted octanol–water partition coefficient (Wildman–Crippen LogP) is 4.30. The summed E-state index contributed by atoms with van der Waals surface area (Å²) in [6.07, 6.45) is 6.29. The van der Waals surface area contributed by atoms with Crippen molar-refractivity contribution >= 4 is 23.1 Å². The second-order valence-corrected chi connectivity index (χ2v) is 7.75. The van der Waals surface area contributed by atoms with E-state index < -0.39 is 11.6 Å². The summed E-state index contributed by atoms with van der Waals surface area (Å²) in [6.45, 7) is 2.51. The first-order valence-electron chi connectivity index (χ1n) is 10.3. The molecule has 1 unspecified atom stereocenters. The number of halogens is 2. The Kier molecular flexibility index (Phi) is 5.01. The van der Waals surface area contributed by atoms with E-state index in [9.17, 15) is 13.6 Å². The van der Waals surface area contributed by atoms with Gasteiger partial charge < -0.3 is 10.2 Å². The Morgan fingerprint density at radius 1 is 1.16 bits per heavy atom. The molecule has 32 heavy (non-hydrogen) atoms. The minimum Gasteiger partial charge on any atom is -0.349 e. The SMILES string of the molecule is Cc1ccc(C(=O)Nc2cnn3ccc(N4CCCC4c4cccc(F)c4F)nc23)cn1. The topological polar surface area (TPSA) is 75.4 Å². The molecule has 0 bridgehead atoms. The Morgan fingerprint density at radius 2 is 2.03 bits per heavy atom. The standard InChI is InChI=1S/C23H20F2N6O/c1-14-7-8-15(12-26-14)23(32)28-18-13-27-31-11-9-20(29-22(18)31)30-10-3-6-19(30)16-4-2-5-17(24)21(16)25/h2,4-5,7-9,11-13,19H,3,6,10H2,1H3,(H,28,32). The van der Waals surface area contributed by atoms with Crippen molar-refractivity contribution in [3.05, 3.63) is 83.4 Å². The van der Waals surface area contributed by atoms with Gasteiger partial charge in [-0.15, -0.1) is 0 Å². The van der Waals surface area contributed by atoms with E-state index in [1.165, 1.54) is 18.5 Å². The van der Waals surface area contributed by atoms with E-state index in [0.29, 0.717) is 41.2 Å². The zero-order valence-corrected chi connectivity index (χ0v) is 17.3. The van der Waals surface area contributed by atoms with Gasteiger partial charge in [-0.1, -0.05) is 12.1 Å². The zero-order chi connectivity index (χ0) is 22.2. The van der Waals surface area contributed by atoms with Crippen LogP contribution in [0.3, 0.4) is 0 Å². The second kappa shape index (κ2) is 7.99.